The molecule has 0 aliphatic carbocycles. The van der Waals surface area contributed by atoms with Gasteiger partial charge in [-0.25, -0.2) is 17.9 Å². The van der Waals surface area contributed by atoms with Crippen LogP contribution in [0.25, 0.3) is 0 Å². The van der Waals surface area contributed by atoms with E-state index in [4.69, 9.17) is 0 Å². The number of nitrogens with one attached hydrogen (secondary N) is 2. The van der Waals surface area contributed by atoms with Gasteiger partial charge in [-0.05, 0) is 19.8 Å². The van der Waals surface area contributed by atoms with Crippen molar-refractivity contribution in [2.24, 2.45) is 0 Å². The van der Waals surface area contributed by atoms with Gasteiger partial charge in [-0.15, -0.1) is 0 Å². The van der Waals surface area contributed by atoms with Crippen LogP contribution in [0.15, 0.2) is 0 Å². The van der Waals surface area contributed by atoms with E-state index in [9.17, 15) is 13.2 Å². The van der Waals surface area contributed by atoms with Crippen LogP contribution in [-0.4, -0.2) is 50.8 Å². The maximum atomic E-state index is 11.6. The molecule has 0 aromatic carbocycles. The molecule has 1 atom stereocenters. The molecule has 0 spiro atoms. The monoisotopic (exact) mass is 263 g/mol. The number of carbonyl (C=O) groups is 1. The van der Waals surface area contributed by atoms with Crippen molar-refractivity contribution in [1.29, 1.82) is 0 Å². The molecule has 1 rings (SSSR count). The summed E-state index contributed by atoms with van der Waals surface area (Å²) >= 11 is 0. The molecule has 0 radical (unpaired) electrons. The summed E-state index contributed by atoms with van der Waals surface area (Å²) in [6.07, 6.45) is 1.28. The van der Waals surface area contributed by atoms with Gasteiger partial charge in [0.25, 0.3) is 0 Å². The summed E-state index contributed by atoms with van der Waals surface area (Å²) in [7, 11) is -3.18. The quantitative estimate of drug-likeness (QED) is 0.739. The lowest BCUT2D eigenvalue weighted by Gasteiger charge is -2.17. The highest BCUT2D eigenvalue weighted by molar-refractivity contribution is 7.89. The highest BCUT2D eigenvalue weighted by Gasteiger charge is 2.28. The first-order valence-electron chi connectivity index (χ1n) is 6.01. The van der Waals surface area contributed by atoms with Crippen molar-refractivity contribution in [1.82, 2.24) is 14.9 Å². The number of carbonyl (C=O) groups excluding carboxylic acids is 1. The van der Waals surface area contributed by atoms with E-state index in [-0.39, 0.29) is 17.8 Å². The molecule has 100 valence electrons. The second-order valence-electron chi connectivity index (χ2n) is 4.20. The Morgan fingerprint density at radius 3 is 2.71 bits per heavy atom. The second kappa shape index (κ2) is 6.20. The lowest BCUT2D eigenvalue weighted by atomic mass is 10.3. The summed E-state index contributed by atoms with van der Waals surface area (Å²) < 4.78 is 25.8. The summed E-state index contributed by atoms with van der Waals surface area (Å²) in [5.41, 5.74) is 0. The van der Waals surface area contributed by atoms with Crippen LogP contribution in [0.3, 0.4) is 0 Å². The van der Waals surface area contributed by atoms with E-state index in [1.54, 1.807) is 4.90 Å². The zero-order valence-corrected chi connectivity index (χ0v) is 11.2. The normalized spacial score (nSPS) is 20.6. The summed E-state index contributed by atoms with van der Waals surface area (Å²) in [5.74, 6) is 0.144. The minimum atomic E-state index is -3.18. The van der Waals surface area contributed by atoms with E-state index < -0.39 is 10.0 Å². The van der Waals surface area contributed by atoms with Gasteiger partial charge in [0, 0.05) is 25.7 Å². The second-order valence-corrected chi connectivity index (χ2v) is 6.08. The Kier molecular flexibility index (Phi) is 5.20. The van der Waals surface area contributed by atoms with Gasteiger partial charge in [-0.3, -0.25) is 0 Å². The maximum absolute atomic E-state index is 11.6. The van der Waals surface area contributed by atoms with Crippen LogP contribution >= 0.6 is 0 Å². The molecule has 7 heteroatoms. The molecule has 17 heavy (non-hydrogen) atoms. The van der Waals surface area contributed by atoms with Gasteiger partial charge < -0.3 is 10.2 Å². The van der Waals surface area contributed by atoms with E-state index in [2.05, 4.69) is 10.0 Å². The Labute approximate surface area is 103 Å². The summed E-state index contributed by atoms with van der Waals surface area (Å²) in [4.78, 5) is 13.2. The molecule has 1 fully saturated rings. The third kappa shape index (κ3) is 4.51. The van der Waals surface area contributed by atoms with Crippen LogP contribution in [0.2, 0.25) is 0 Å². The van der Waals surface area contributed by atoms with Gasteiger partial charge in [0.1, 0.15) is 0 Å². The average molecular weight is 263 g/mol. The fourth-order valence-corrected chi connectivity index (χ4v) is 3.24. The first kappa shape index (κ1) is 14.2. The molecule has 2 amide bonds. The molecular weight excluding hydrogens is 242 g/mol. The predicted molar refractivity (Wildman–Crippen MR) is 66.3 cm³/mol. The molecule has 1 aliphatic heterocycles. The first-order valence-corrected chi connectivity index (χ1v) is 7.66. The number of hydrogen-bond donors (Lipinski definition) is 2. The topological polar surface area (TPSA) is 78.5 Å². The smallest absolute Gasteiger partial charge is 0.317 e. The Balaban J connectivity index is 2.43. The fraction of sp³-hybridized carbons (Fsp3) is 0.900. The number of sulfonamides is 1. The molecule has 6 nitrogen and oxygen atoms in total. The first-order chi connectivity index (χ1) is 7.98. The van der Waals surface area contributed by atoms with Crippen LogP contribution in [0, 0.1) is 0 Å². The number of hydrogen-bond acceptors (Lipinski definition) is 3. The van der Waals surface area contributed by atoms with E-state index in [1.165, 1.54) is 0 Å². The van der Waals surface area contributed by atoms with Crippen molar-refractivity contribution in [2.75, 3.05) is 25.4 Å². The van der Waals surface area contributed by atoms with Crippen LogP contribution in [-0.2, 0) is 10.0 Å². The Morgan fingerprint density at radius 1 is 1.41 bits per heavy atom. The maximum Gasteiger partial charge on any atom is 0.317 e. The zero-order chi connectivity index (χ0) is 12.9. The predicted octanol–water partition coefficient (Wildman–Crippen LogP) is 0.120. The molecular formula is C10H21N3O3S. The fourth-order valence-electron chi connectivity index (χ4n) is 1.89. The van der Waals surface area contributed by atoms with E-state index in [0.29, 0.717) is 32.5 Å². The summed E-state index contributed by atoms with van der Waals surface area (Å²) in [5, 5.41) is 2.71. The molecule has 1 saturated heterocycles. The largest absolute Gasteiger partial charge is 0.338 e. The van der Waals surface area contributed by atoms with Crippen LogP contribution < -0.4 is 10.0 Å². The third-order valence-electron chi connectivity index (χ3n) is 2.62. The highest BCUT2D eigenvalue weighted by atomic mass is 32.2. The number of urea groups is 1. The SMILES string of the molecule is CCCS(=O)(=O)NC1CCN(C(=O)NCC)C1. The van der Waals surface area contributed by atoms with Crippen LogP contribution in [0.1, 0.15) is 26.7 Å². The number of likely N-dealkylation sites (tertiary alicyclic amines) is 1. The van der Waals surface area contributed by atoms with Crippen LogP contribution in [0.4, 0.5) is 4.79 Å². The molecule has 1 unspecified atom stereocenters. The number of amides is 2. The van der Waals surface area contributed by atoms with E-state index in [0.717, 1.165) is 0 Å². The van der Waals surface area contributed by atoms with Crippen LogP contribution in [0.5, 0.6) is 0 Å². The van der Waals surface area contributed by atoms with Gasteiger partial charge >= 0.3 is 6.03 Å². The van der Waals surface area contributed by atoms with E-state index >= 15 is 0 Å². The van der Waals surface area contributed by atoms with Gasteiger partial charge in [-0.1, -0.05) is 6.92 Å². The third-order valence-corrected chi connectivity index (χ3v) is 4.26. The minimum absolute atomic E-state index is 0.121. The molecule has 0 saturated carbocycles. The molecule has 1 aliphatic rings. The lowest BCUT2D eigenvalue weighted by Crippen LogP contribution is -2.42. The Bertz CT molecular complexity index is 356. The van der Waals surface area contributed by atoms with Gasteiger partial charge in [-0.2, -0.15) is 0 Å². The average Bonchev–Trinajstić information content (AvgIpc) is 2.65. The number of nitrogens with zero attached hydrogens (tertiary/aromatic N) is 1. The lowest BCUT2D eigenvalue weighted by molar-refractivity contribution is 0.208. The van der Waals surface area contributed by atoms with Crippen molar-refractivity contribution in [3.8, 4) is 0 Å². The zero-order valence-electron chi connectivity index (χ0n) is 10.4. The van der Waals surface area contributed by atoms with Crippen molar-refractivity contribution < 1.29 is 13.2 Å². The van der Waals surface area contributed by atoms with Crippen molar-refractivity contribution in [3.63, 3.8) is 0 Å². The van der Waals surface area contributed by atoms with Gasteiger partial charge in [0.15, 0.2) is 0 Å². The number of rotatable bonds is 5. The minimum Gasteiger partial charge on any atom is -0.338 e. The van der Waals surface area contributed by atoms with Crippen molar-refractivity contribution in [2.45, 2.75) is 32.7 Å². The van der Waals surface area contributed by atoms with Gasteiger partial charge in [0.05, 0.1) is 5.75 Å². The molecule has 0 aromatic heterocycles. The molecule has 1 heterocycles. The molecule has 0 aromatic rings. The molecule has 0 bridgehead atoms. The highest BCUT2D eigenvalue weighted by Crippen LogP contribution is 2.10. The van der Waals surface area contributed by atoms with Crippen molar-refractivity contribution >= 4 is 16.1 Å². The Morgan fingerprint density at radius 2 is 2.12 bits per heavy atom. The Hall–Kier alpha value is -0.820. The van der Waals surface area contributed by atoms with Gasteiger partial charge in [0.2, 0.25) is 10.0 Å². The van der Waals surface area contributed by atoms with E-state index in [1.807, 2.05) is 13.8 Å². The molecule has 2 N–H and O–H groups in total. The summed E-state index contributed by atoms with van der Waals surface area (Å²) in [6, 6.07) is -0.265. The standard InChI is InChI=1S/C10H21N3O3S/c1-3-7-17(15,16)12-9-5-6-13(8-9)10(14)11-4-2/h9,12H,3-8H2,1-2H3,(H,11,14). The summed E-state index contributed by atoms with van der Waals surface area (Å²) in [6.45, 7) is 5.33. The van der Waals surface area contributed by atoms with Crippen molar-refractivity contribution in [3.05, 3.63) is 0 Å².